The Morgan fingerprint density at radius 1 is 1.45 bits per heavy atom. The molecule has 20 heavy (non-hydrogen) atoms. The van der Waals surface area contributed by atoms with Gasteiger partial charge in [0.15, 0.2) is 0 Å². The van der Waals surface area contributed by atoms with Crippen LogP contribution in [0.1, 0.15) is 12.5 Å². The second-order valence-electron chi connectivity index (χ2n) is 4.39. The second kappa shape index (κ2) is 5.86. The highest BCUT2D eigenvalue weighted by Crippen LogP contribution is 2.11. The van der Waals surface area contributed by atoms with Crippen LogP contribution in [-0.4, -0.2) is 24.2 Å². The molecule has 1 atom stereocenters. The van der Waals surface area contributed by atoms with Crippen LogP contribution in [0.25, 0.3) is 0 Å². The first-order valence-electron chi connectivity index (χ1n) is 6.01. The Hall–Kier alpha value is -2.17. The molecule has 2 aromatic rings. The molecule has 104 valence electrons. The van der Waals surface area contributed by atoms with Gasteiger partial charge in [-0.3, -0.25) is 4.68 Å². The zero-order chi connectivity index (χ0) is 14.6. The van der Waals surface area contributed by atoms with Crippen molar-refractivity contribution >= 4 is 10.0 Å². The van der Waals surface area contributed by atoms with Crippen LogP contribution in [0, 0.1) is 11.3 Å². The highest BCUT2D eigenvalue weighted by molar-refractivity contribution is 7.89. The fourth-order valence-corrected chi connectivity index (χ4v) is 3.07. The zero-order valence-electron chi connectivity index (χ0n) is 10.9. The smallest absolute Gasteiger partial charge is 0.240 e. The average Bonchev–Trinajstić information content (AvgIpc) is 2.91. The summed E-state index contributed by atoms with van der Waals surface area (Å²) < 4.78 is 28.6. The van der Waals surface area contributed by atoms with Crippen molar-refractivity contribution in [2.45, 2.75) is 24.4 Å². The summed E-state index contributed by atoms with van der Waals surface area (Å²) in [5.41, 5.74) is 0.313. The molecule has 7 heteroatoms. The maximum absolute atomic E-state index is 12.2. The fraction of sp³-hybridized carbons (Fsp3) is 0.231. The number of nitrogens with zero attached hydrogens (tertiary/aromatic N) is 3. The Balaban J connectivity index is 2.12. The first-order valence-corrected chi connectivity index (χ1v) is 7.49. The van der Waals surface area contributed by atoms with E-state index in [2.05, 4.69) is 9.82 Å². The van der Waals surface area contributed by atoms with Gasteiger partial charge < -0.3 is 0 Å². The van der Waals surface area contributed by atoms with Crippen LogP contribution in [0.5, 0.6) is 0 Å². The molecule has 0 fully saturated rings. The molecule has 0 aliphatic heterocycles. The molecule has 0 spiro atoms. The third kappa shape index (κ3) is 3.44. The quantitative estimate of drug-likeness (QED) is 0.894. The first-order chi connectivity index (χ1) is 9.51. The lowest BCUT2D eigenvalue weighted by Crippen LogP contribution is -2.35. The van der Waals surface area contributed by atoms with E-state index >= 15 is 0 Å². The van der Waals surface area contributed by atoms with E-state index in [-0.39, 0.29) is 10.9 Å². The van der Waals surface area contributed by atoms with Crippen molar-refractivity contribution in [1.82, 2.24) is 14.5 Å². The lowest BCUT2D eigenvalue weighted by Gasteiger charge is -2.14. The van der Waals surface area contributed by atoms with Crippen molar-refractivity contribution in [3.63, 3.8) is 0 Å². The van der Waals surface area contributed by atoms with Gasteiger partial charge in [-0.2, -0.15) is 10.4 Å². The number of rotatable bonds is 5. The lowest BCUT2D eigenvalue weighted by molar-refractivity contribution is 0.494. The number of sulfonamides is 1. The number of nitrogens with one attached hydrogen (secondary N) is 1. The van der Waals surface area contributed by atoms with Crippen LogP contribution in [0.4, 0.5) is 0 Å². The molecule has 0 amide bonds. The summed E-state index contributed by atoms with van der Waals surface area (Å²) in [5.74, 6) is 0. The van der Waals surface area contributed by atoms with Crippen LogP contribution in [0.2, 0.25) is 0 Å². The minimum absolute atomic E-state index is 0.0869. The van der Waals surface area contributed by atoms with Gasteiger partial charge in [0, 0.05) is 18.4 Å². The van der Waals surface area contributed by atoms with Gasteiger partial charge in [0.05, 0.1) is 23.1 Å². The van der Waals surface area contributed by atoms with E-state index in [0.29, 0.717) is 12.1 Å². The molecule has 0 radical (unpaired) electrons. The topological polar surface area (TPSA) is 87.8 Å². The third-order valence-corrected chi connectivity index (χ3v) is 4.24. The number of hydrogen-bond donors (Lipinski definition) is 1. The third-order valence-electron chi connectivity index (χ3n) is 2.65. The van der Waals surface area contributed by atoms with E-state index in [0.717, 1.165) is 0 Å². The maximum Gasteiger partial charge on any atom is 0.240 e. The molecule has 0 aliphatic carbocycles. The van der Waals surface area contributed by atoms with Crippen molar-refractivity contribution in [2.24, 2.45) is 0 Å². The second-order valence-corrected chi connectivity index (χ2v) is 6.10. The van der Waals surface area contributed by atoms with E-state index in [1.165, 1.54) is 12.1 Å². The molecule has 2 rings (SSSR count). The highest BCUT2D eigenvalue weighted by atomic mass is 32.2. The summed E-state index contributed by atoms with van der Waals surface area (Å²) in [4.78, 5) is 0.0869. The molecule has 0 aliphatic rings. The largest absolute Gasteiger partial charge is 0.271 e. The van der Waals surface area contributed by atoms with Crippen molar-refractivity contribution in [3.05, 3.63) is 48.3 Å². The Morgan fingerprint density at radius 2 is 2.25 bits per heavy atom. The zero-order valence-corrected chi connectivity index (χ0v) is 11.7. The molecule has 0 saturated carbocycles. The van der Waals surface area contributed by atoms with Crippen molar-refractivity contribution < 1.29 is 8.42 Å². The summed E-state index contributed by atoms with van der Waals surface area (Å²) in [6, 6.07) is 9.30. The monoisotopic (exact) mass is 290 g/mol. The lowest BCUT2D eigenvalue weighted by atomic mass is 10.2. The summed E-state index contributed by atoms with van der Waals surface area (Å²) in [5, 5.41) is 12.8. The van der Waals surface area contributed by atoms with Gasteiger partial charge >= 0.3 is 0 Å². The van der Waals surface area contributed by atoms with Crippen LogP contribution in [-0.2, 0) is 16.6 Å². The number of aromatic nitrogens is 2. The number of nitriles is 1. The Labute approximate surface area is 117 Å². The van der Waals surface area contributed by atoms with Crippen LogP contribution in [0.15, 0.2) is 47.6 Å². The molecule has 6 nitrogen and oxygen atoms in total. The molecule has 1 aromatic carbocycles. The summed E-state index contributed by atoms with van der Waals surface area (Å²) in [6.07, 6.45) is 3.40. The maximum atomic E-state index is 12.2. The van der Waals surface area contributed by atoms with E-state index in [4.69, 9.17) is 5.26 Å². The predicted molar refractivity (Wildman–Crippen MR) is 73.2 cm³/mol. The van der Waals surface area contributed by atoms with Crippen LogP contribution >= 0.6 is 0 Å². The van der Waals surface area contributed by atoms with E-state index < -0.39 is 10.0 Å². The molecule has 1 N–H and O–H groups in total. The number of benzene rings is 1. The van der Waals surface area contributed by atoms with Crippen molar-refractivity contribution in [1.29, 1.82) is 5.26 Å². The van der Waals surface area contributed by atoms with Gasteiger partial charge in [-0.25, -0.2) is 13.1 Å². The summed E-state index contributed by atoms with van der Waals surface area (Å²) in [7, 11) is -3.64. The van der Waals surface area contributed by atoms with Gasteiger partial charge in [0.25, 0.3) is 0 Å². The summed E-state index contributed by atoms with van der Waals surface area (Å²) in [6.45, 7) is 2.19. The molecular formula is C13H14N4O2S. The van der Waals surface area contributed by atoms with Crippen LogP contribution in [0.3, 0.4) is 0 Å². The van der Waals surface area contributed by atoms with Gasteiger partial charge in [-0.1, -0.05) is 6.07 Å². The Morgan fingerprint density at radius 3 is 2.90 bits per heavy atom. The first kappa shape index (κ1) is 14.2. The normalized spacial score (nSPS) is 12.8. The molecule has 0 saturated heterocycles. The van der Waals surface area contributed by atoms with E-state index in [1.807, 2.05) is 6.07 Å². The van der Waals surface area contributed by atoms with E-state index in [1.54, 1.807) is 42.2 Å². The minimum atomic E-state index is -3.64. The van der Waals surface area contributed by atoms with Gasteiger partial charge in [-0.05, 0) is 31.2 Å². The average molecular weight is 290 g/mol. The standard InChI is InChI=1S/C13H14N4O2S/c1-11(10-17-7-3-6-15-17)16-20(18,19)13-5-2-4-12(8-13)9-14/h2-8,11,16H,10H2,1H3/t11-/m0/s1. The molecule has 0 unspecified atom stereocenters. The molecule has 1 heterocycles. The fourth-order valence-electron chi connectivity index (χ4n) is 1.79. The SMILES string of the molecule is C[C@@H](Cn1cccn1)NS(=O)(=O)c1cccc(C#N)c1. The predicted octanol–water partition coefficient (Wildman–Crippen LogP) is 1.12. The van der Waals surface area contributed by atoms with Gasteiger partial charge in [0.1, 0.15) is 0 Å². The van der Waals surface area contributed by atoms with Crippen molar-refractivity contribution in [2.75, 3.05) is 0 Å². The molecular weight excluding hydrogens is 276 g/mol. The van der Waals surface area contributed by atoms with Crippen LogP contribution < -0.4 is 4.72 Å². The Bertz CT molecular complexity index is 717. The number of hydrogen-bond acceptors (Lipinski definition) is 4. The van der Waals surface area contributed by atoms with E-state index in [9.17, 15) is 8.42 Å². The molecule has 1 aromatic heterocycles. The van der Waals surface area contributed by atoms with Gasteiger partial charge in [0.2, 0.25) is 10.0 Å². The summed E-state index contributed by atoms with van der Waals surface area (Å²) >= 11 is 0. The van der Waals surface area contributed by atoms with Gasteiger partial charge in [-0.15, -0.1) is 0 Å². The molecule has 0 bridgehead atoms. The van der Waals surface area contributed by atoms with Crippen molar-refractivity contribution in [3.8, 4) is 6.07 Å². The highest BCUT2D eigenvalue weighted by Gasteiger charge is 2.18. The Kier molecular flexibility index (Phi) is 4.17. The minimum Gasteiger partial charge on any atom is -0.271 e.